The Kier molecular flexibility index (Phi) is 6.31. The third-order valence-electron chi connectivity index (χ3n) is 3.54. The molecule has 2 aromatic rings. The summed E-state index contributed by atoms with van der Waals surface area (Å²) in [6.45, 7) is 0. The molecule has 0 aliphatic heterocycles. The molecule has 8 nitrogen and oxygen atoms in total. The number of likely N-dealkylation sites (N-methyl/N-ethyl adjacent to an activating group) is 1. The SMILES string of the molecule is CNC(=O)C(Cc1ccc(NS(=O)(=O)O)cc1)NC(=O)c1ccccc1. The van der Waals surface area contributed by atoms with Gasteiger partial charge in [0.15, 0.2) is 0 Å². The molecular weight excluding hydrogens is 358 g/mol. The van der Waals surface area contributed by atoms with E-state index in [0.29, 0.717) is 11.1 Å². The fraction of sp³-hybridized carbons (Fsp3) is 0.176. The van der Waals surface area contributed by atoms with Crippen LogP contribution in [0.25, 0.3) is 0 Å². The third kappa shape index (κ3) is 5.87. The number of hydrogen-bond donors (Lipinski definition) is 4. The average molecular weight is 377 g/mol. The number of carbonyl (C=O) groups is 2. The van der Waals surface area contributed by atoms with E-state index in [-0.39, 0.29) is 23.9 Å². The van der Waals surface area contributed by atoms with Crippen LogP contribution in [0, 0.1) is 0 Å². The van der Waals surface area contributed by atoms with Gasteiger partial charge in [0.2, 0.25) is 5.91 Å². The summed E-state index contributed by atoms with van der Waals surface area (Å²) in [6, 6.07) is 13.8. The van der Waals surface area contributed by atoms with Crippen molar-refractivity contribution in [3.05, 3.63) is 65.7 Å². The molecule has 0 aliphatic carbocycles. The standard InChI is InChI=1S/C17H19N3O5S/c1-18-17(22)15(19-16(21)13-5-3-2-4-6-13)11-12-7-9-14(10-8-12)20-26(23,24)25/h2-10,15,20H,11H2,1H3,(H,18,22)(H,19,21)(H,23,24,25). The Hall–Kier alpha value is -2.91. The Morgan fingerprint density at radius 2 is 1.65 bits per heavy atom. The topological polar surface area (TPSA) is 125 Å². The second kappa shape index (κ2) is 8.45. The molecule has 2 rings (SSSR count). The zero-order chi connectivity index (χ0) is 19.2. The fourth-order valence-corrected chi connectivity index (χ4v) is 2.74. The van der Waals surface area contributed by atoms with Crippen LogP contribution >= 0.6 is 0 Å². The number of hydrogen-bond acceptors (Lipinski definition) is 4. The predicted octanol–water partition coefficient (Wildman–Crippen LogP) is 0.988. The molecule has 0 saturated carbocycles. The average Bonchev–Trinajstić information content (AvgIpc) is 2.61. The highest BCUT2D eigenvalue weighted by Gasteiger charge is 2.21. The molecule has 0 bridgehead atoms. The van der Waals surface area contributed by atoms with E-state index in [2.05, 4.69) is 10.6 Å². The number of nitrogens with one attached hydrogen (secondary N) is 3. The van der Waals surface area contributed by atoms with Gasteiger partial charge >= 0.3 is 10.3 Å². The Bertz CT molecular complexity index is 867. The Morgan fingerprint density at radius 3 is 2.19 bits per heavy atom. The summed E-state index contributed by atoms with van der Waals surface area (Å²) >= 11 is 0. The lowest BCUT2D eigenvalue weighted by Gasteiger charge is -2.17. The van der Waals surface area contributed by atoms with Gasteiger partial charge in [-0.2, -0.15) is 8.42 Å². The van der Waals surface area contributed by atoms with Crippen molar-refractivity contribution in [2.24, 2.45) is 0 Å². The van der Waals surface area contributed by atoms with E-state index >= 15 is 0 Å². The van der Waals surface area contributed by atoms with E-state index in [1.165, 1.54) is 19.2 Å². The highest BCUT2D eigenvalue weighted by Crippen LogP contribution is 2.13. The molecule has 0 aliphatic rings. The van der Waals surface area contributed by atoms with Gasteiger partial charge in [-0.15, -0.1) is 0 Å². The predicted molar refractivity (Wildman–Crippen MR) is 97.1 cm³/mol. The minimum Gasteiger partial charge on any atom is -0.357 e. The molecule has 1 unspecified atom stereocenters. The van der Waals surface area contributed by atoms with Crippen LogP contribution < -0.4 is 15.4 Å². The van der Waals surface area contributed by atoms with Gasteiger partial charge in [0.05, 0.1) is 5.69 Å². The Balaban J connectivity index is 2.10. The molecule has 0 aromatic heterocycles. The van der Waals surface area contributed by atoms with Crippen molar-refractivity contribution in [2.45, 2.75) is 12.5 Å². The summed E-state index contributed by atoms with van der Waals surface area (Å²) in [5.74, 6) is -0.724. The van der Waals surface area contributed by atoms with Gasteiger partial charge in [0.1, 0.15) is 6.04 Å². The van der Waals surface area contributed by atoms with Crippen molar-refractivity contribution in [1.82, 2.24) is 10.6 Å². The van der Waals surface area contributed by atoms with Crippen LogP contribution in [0.2, 0.25) is 0 Å². The van der Waals surface area contributed by atoms with Crippen molar-refractivity contribution >= 4 is 27.8 Å². The minimum atomic E-state index is -4.35. The molecule has 138 valence electrons. The van der Waals surface area contributed by atoms with Crippen LogP contribution in [0.3, 0.4) is 0 Å². The van der Waals surface area contributed by atoms with Gasteiger partial charge in [-0.3, -0.25) is 18.9 Å². The van der Waals surface area contributed by atoms with Crippen LogP contribution in [0.5, 0.6) is 0 Å². The first-order chi connectivity index (χ1) is 12.3. The fourth-order valence-electron chi connectivity index (χ4n) is 2.31. The number of benzene rings is 2. The first-order valence-electron chi connectivity index (χ1n) is 7.70. The highest BCUT2D eigenvalue weighted by molar-refractivity contribution is 7.87. The van der Waals surface area contributed by atoms with Gasteiger partial charge in [-0.25, -0.2) is 0 Å². The number of rotatable bonds is 7. The van der Waals surface area contributed by atoms with Gasteiger partial charge in [0.25, 0.3) is 5.91 Å². The van der Waals surface area contributed by atoms with E-state index < -0.39 is 16.3 Å². The van der Waals surface area contributed by atoms with E-state index in [4.69, 9.17) is 4.55 Å². The number of anilines is 1. The quantitative estimate of drug-likeness (QED) is 0.536. The molecule has 9 heteroatoms. The van der Waals surface area contributed by atoms with E-state index in [0.717, 1.165) is 0 Å². The zero-order valence-electron chi connectivity index (χ0n) is 14.0. The van der Waals surface area contributed by atoms with Crippen LogP contribution in [0.4, 0.5) is 5.69 Å². The lowest BCUT2D eigenvalue weighted by Crippen LogP contribution is -2.47. The molecule has 4 N–H and O–H groups in total. The summed E-state index contributed by atoms with van der Waals surface area (Å²) in [5.41, 5.74) is 1.32. The Labute approximate surface area is 151 Å². The molecule has 0 radical (unpaired) electrons. The zero-order valence-corrected chi connectivity index (χ0v) is 14.8. The molecule has 1 atom stereocenters. The molecule has 0 fully saturated rings. The van der Waals surface area contributed by atoms with Gasteiger partial charge < -0.3 is 10.6 Å². The van der Waals surface area contributed by atoms with Gasteiger partial charge in [0, 0.05) is 19.0 Å². The van der Waals surface area contributed by atoms with Crippen molar-refractivity contribution in [2.75, 3.05) is 11.8 Å². The summed E-state index contributed by atoms with van der Waals surface area (Å²) in [4.78, 5) is 24.4. The lowest BCUT2D eigenvalue weighted by molar-refractivity contribution is -0.122. The monoisotopic (exact) mass is 377 g/mol. The van der Waals surface area contributed by atoms with Crippen molar-refractivity contribution in [3.63, 3.8) is 0 Å². The van der Waals surface area contributed by atoms with E-state index in [1.54, 1.807) is 42.5 Å². The number of amides is 2. The summed E-state index contributed by atoms with van der Waals surface area (Å²) in [6.07, 6.45) is 0.213. The maximum Gasteiger partial charge on any atom is 0.357 e. The molecular formula is C17H19N3O5S. The van der Waals surface area contributed by atoms with Crippen molar-refractivity contribution in [1.29, 1.82) is 0 Å². The second-order valence-electron chi connectivity index (χ2n) is 5.48. The second-order valence-corrected chi connectivity index (χ2v) is 6.64. The lowest BCUT2D eigenvalue weighted by atomic mass is 10.0. The molecule has 0 heterocycles. The summed E-state index contributed by atoms with van der Waals surface area (Å²) in [5, 5.41) is 5.19. The van der Waals surface area contributed by atoms with Gasteiger partial charge in [-0.05, 0) is 29.8 Å². The normalized spacial score (nSPS) is 12.1. The first kappa shape index (κ1) is 19.4. The smallest absolute Gasteiger partial charge is 0.357 e. The number of carbonyl (C=O) groups excluding carboxylic acids is 2. The summed E-state index contributed by atoms with van der Waals surface area (Å²) in [7, 11) is -2.87. The maximum atomic E-state index is 12.3. The molecule has 26 heavy (non-hydrogen) atoms. The molecule has 0 spiro atoms. The molecule has 2 amide bonds. The van der Waals surface area contributed by atoms with E-state index in [9.17, 15) is 18.0 Å². The van der Waals surface area contributed by atoms with E-state index in [1.807, 2.05) is 4.72 Å². The summed E-state index contributed by atoms with van der Waals surface area (Å²) < 4.78 is 32.3. The highest BCUT2D eigenvalue weighted by atomic mass is 32.2. The molecule has 2 aromatic carbocycles. The van der Waals surface area contributed by atoms with Crippen molar-refractivity contribution < 1.29 is 22.6 Å². The van der Waals surface area contributed by atoms with Gasteiger partial charge in [-0.1, -0.05) is 30.3 Å². The first-order valence-corrected chi connectivity index (χ1v) is 9.14. The molecule has 0 saturated heterocycles. The van der Waals surface area contributed by atoms with Crippen LogP contribution in [-0.2, 0) is 21.5 Å². The Morgan fingerprint density at radius 1 is 1.04 bits per heavy atom. The maximum absolute atomic E-state index is 12.3. The third-order valence-corrected chi connectivity index (χ3v) is 4.04. The largest absolute Gasteiger partial charge is 0.357 e. The minimum absolute atomic E-state index is 0.182. The van der Waals surface area contributed by atoms with Crippen LogP contribution in [0.1, 0.15) is 15.9 Å². The van der Waals surface area contributed by atoms with Crippen molar-refractivity contribution in [3.8, 4) is 0 Å². The van der Waals surface area contributed by atoms with Crippen LogP contribution in [-0.4, -0.2) is 37.9 Å². The van der Waals surface area contributed by atoms with Crippen LogP contribution in [0.15, 0.2) is 54.6 Å².